The second-order valence-corrected chi connectivity index (χ2v) is 7.17. The van der Waals surface area contributed by atoms with E-state index in [1.807, 2.05) is 46.8 Å². The zero-order valence-corrected chi connectivity index (χ0v) is 14.7. The van der Waals surface area contributed by atoms with Crippen LogP contribution >= 0.6 is 0 Å². The number of nitrogen functional groups attached to an aromatic ring is 1. The van der Waals surface area contributed by atoms with Crippen LogP contribution in [0.2, 0.25) is 0 Å². The number of carboxylic acids is 1. The summed E-state index contributed by atoms with van der Waals surface area (Å²) in [6, 6.07) is 5.43. The zero-order chi connectivity index (χ0) is 17.8. The molecule has 0 spiro atoms. The predicted molar refractivity (Wildman–Crippen MR) is 92.2 cm³/mol. The molecule has 1 aliphatic heterocycles. The van der Waals surface area contributed by atoms with Crippen LogP contribution in [0.15, 0.2) is 18.2 Å². The molecule has 0 aliphatic carbocycles. The van der Waals surface area contributed by atoms with E-state index in [1.54, 1.807) is 0 Å². The van der Waals surface area contributed by atoms with Crippen LogP contribution in [-0.2, 0) is 9.59 Å². The summed E-state index contributed by atoms with van der Waals surface area (Å²) >= 11 is 0. The first kappa shape index (κ1) is 19.0. The van der Waals surface area contributed by atoms with Gasteiger partial charge in [-0.05, 0) is 49.9 Å². The number of anilines is 1. The number of hydrogen-bond donors (Lipinski definition) is 2. The van der Waals surface area contributed by atoms with Crippen molar-refractivity contribution in [1.82, 2.24) is 4.90 Å². The van der Waals surface area contributed by atoms with Crippen molar-refractivity contribution >= 4 is 17.6 Å². The maximum Gasteiger partial charge on any atom is 0.326 e. The zero-order valence-electron chi connectivity index (χ0n) is 14.7. The van der Waals surface area contributed by atoms with E-state index in [9.17, 15) is 9.59 Å². The molecule has 1 aliphatic rings. The van der Waals surface area contributed by atoms with E-state index < -0.39 is 17.4 Å². The Morgan fingerprint density at radius 3 is 2.09 bits per heavy atom. The highest BCUT2D eigenvalue weighted by molar-refractivity contribution is 5.87. The molecule has 2 rings (SSSR count). The number of nitrogens with two attached hydrogens (primary N) is 1. The van der Waals surface area contributed by atoms with Crippen molar-refractivity contribution in [1.29, 1.82) is 0 Å². The summed E-state index contributed by atoms with van der Waals surface area (Å²) in [5.41, 5.74) is 8.38. The van der Waals surface area contributed by atoms with Gasteiger partial charge in [0, 0.05) is 17.6 Å². The van der Waals surface area contributed by atoms with Gasteiger partial charge in [-0.1, -0.05) is 26.8 Å². The first-order valence-corrected chi connectivity index (χ1v) is 7.90. The molecule has 1 saturated heterocycles. The normalized spacial score (nSPS) is 17.4. The second kappa shape index (κ2) is 7.49. The molecule has 23 heavy (non-hydrogen) atoms. The summed E-state index contributed by atoms with van der Waals surface area (Å²) in [4.78, 5) is 24.2. The molecule has 1 amide bonds. The summed E-state index contributed by atoms with van der Waals surface area (Å²) in [5.74, 6) is -0.956. The molecule has 1 heterocycles. The molecular weight excluding hydrogens is 292 g/mol. The minimum atomic E-state index is -0.889. The average Bonchev–Trinajstić information content (AvgIpc) is 2.84. The van der Waals surface area contributed by atoms with Gasteiger partial charge in [0.15, 0.2) is 0 Å². The van der Waals surface area contributed by atoms with Crippen LogP contribution in [-0.4, -0.2) is 34.5 Å². The SMILES string of the molecule is CC(C)(C)C(=O)N1CCC[C@H]1C(=O)O.Cc1cc(C)cc(N)c1. The quantitative estimate of drug-likeness (QED) is 0.779. The van der Waals surface area contributed by atoms with Crippen molar-refractivity contribution in [3.8, 4) is 0 Å². The van der Waals surface area contributed by atoms with E-state index in [4.69, 9.17) is 10.8 Å². The summed E-state index contributed by atoms with van der Waals surface area (Å²) < 4.78 is 0. The summed E-state index contributed by atoms with van der Waals surface area (Å²) in [7, 11) is 0. The molecule has 0 radical (unpaired) electrons. The van der Waals surface area contributed by atoms with Crippen LogP contribution < -0.4 is 5.73 Å². The van der Waals surface area contributed by atoms with Crippen molar-refractivity contribution in [2.24, 2.45) is 5.41 Å². The summed E-state index contributed by atoms with van der Waals surface area (Å²) in [6.45, 7) is 10.1. The van der Waals surface area contributed by atoms with Crippen molar-refractivity contribution in [2.45, 2.75) is 53.5 Å². The molecule has 1 aromatic carbocycles. The van der Waals surface area contributed by atoms with Gasteiger partial charge in [-0.2, -0.15) is 0 Å². The smallest absolute Gasteiger partial charge is 0.326 e. The Kier molecular flexibility index (Phi) is 6.19. The lowest BCUT2D eigenvalue weighted by atomic mass is 9.94. The Labute approximate surface area is 138 Å². The van der Waals surface area contributed by atoms with E-state index in [2.05, 4.69) is 6.07 Å². The highest BCUT2D eigenvalue weighted by atomic mass is 16.4. The van der Waals surface area contributed by atoms with Gasteiger partial charge in [0.2, 0.25) is 5.91 Å². The molecule has 5 heteroatoms. The predicted octanol–water partition coefficient (Wildman–Crippen LogP) is 2.99. The van der Waals surface area contributed by atoms with E-state index in [-0.39, 0.29) is 5.91 Å². The molecule has 1 atom stereocenters. The first-order chi connectivity index (χ1) is 10.5. The Morgan fingerprint density at radius 2 is 1.70 bits per heavy atom. The molecular formula is C18H28N2O3. The standard InChI is InChI=1S/C10H17NO3.C8H11N/c1-10(2,3)9(14)11-6-4-5-7(11)8(12)13;1-6-3-7(2)5-8(9)4-6/h7H,4-6H2,1-3H3,(H,12,13);3-5H,9H2,1-2H3/t7-;/m0./s1. The van der Waals surface area contributed by atoms with Gasteiger partial charge in [-0.15, -0.1) is 0 Å². The van der Waals surface area contributed by atoms with Crippen molar-refractivity contribution in [3.05, 3.63) is 29.3 Å². The Balaban J connectivity index is 0.000000253. The molecule has 0 aromatic heterocycles. The van der Waals surface area contributed by atoms with Gasteiger partial charge in [-0.3, -0.25) is 4.79 Å². The number of carbonyl (C=O) groups is 2. The molecule has 0 unspecified atom stereocenters. The fourth-order valence-electron chi connectivity index (χ4n) is 2.71. The Hall–Kier alpha value is -2.04. The third kappa shape index (κ3) is 5.58. The van der Waals surface area contributed by atoms with Gasteiger partial charge in [0.1, 0.15) is 6.04 Å². The molecule has 1 fully saturated rings. The minimum Gasteiger partial charge on any atom is -0.480 e. The molecule has 3 N–H and O–H groups in total. The van der Waals surface area contributed by atoms with Crippen LogP contribution in [0.1, 0.15) is 44.7 Å². The van der Waals surface area contributed by atoms with Gasteiger partial charge in [0.05, 0.1) is 0 Å². The number of carboxylic acid groups (broad SMARTS) is 1. The largest absolute Gasteiger partial charge is 0.480 e. The van der Waals surface area contributed by atoms with E-state index >= 15 is 0 Å². The number of hydrogen-bond acceptors (Lipinski definition) is 3. The highest BCUT2D eigenvalue weighted by Crippen LogP contribution is 2.25. The number of carbonyl (C=O) groups excluding carboxylic acids is 1. The van der Waals surface area contributed by atoms with Crippen LogP contribution in [0.3, 0.4) is 0 Å². The van der Waals surface area contributed by atoms with Crippen molar-refractivity contribution in [2.75, 3.05) is 12.3 Å². The first-order valence-electron chi connectivity index (χ1n) is 7.90. The second-order valence-electron chi connectivity index (χ2n) is 7.17. The third-order valence-electron chi connectivity index (χ3n) is 3.68. The lowest BCUT2D eigenvalue weighted by molar-refractivity contribution is -0.151. The number of aliphatic carboxylic acids is 1. The van der Waals surface area contributed by atoms with Crippen LogP contribution in [0.5, 0.6) is 0 Å². The number of nitrogens with zero attached hydrogens (tertiary/aromatic N) is 1. The van der Waals surface area contributed by atoms with Crippen molar-refractivity contribution < 1.29 is 14.7 Å². The van der Waals surface area contributed by atoms with E-state index in [0.717, 1.165) is 12.1 Å². The summed E-state index contributed by atoms with van der Waals surface area (Å²) in [5, 5.41) is 8.90. The number of aryl methyl sites for hydroxylation is 2. The van der Waals surface area contributed by atoms with Crippen molar-refractivity contribution in [3.63, 3.8) is 0 Å². The summed E-state index contributed by atoms with van der Waals surface area (Å²) in [6.07, 6.45) is 1.37. The monoisotopic (exact) mass is 320 g/mol. The fraction of sp³-hybridized carbons (Fsp3) is 0.556. The molecule has 0 saturated carbocycles. The third-order valence-corrected chi connectivity index (χ3v) is 3.68. The van der Waals surface area contributed by atoms with Crippen LogP contribution in [0.4, 0.5) is 5.69 Å². The van der Waals surface area contributed by atoms with Gasteiger partial charge in [-0.25, -0.2) is 4.79 Å². The Morgan fingerprint density at radius 1 is 1.17 bits per heavy atom. The topological polar surface area (TPSA) is 83.6 Å². The molecule has 128 valence electrons. The number of rotatable bonds is 1. The van der Waals surface area contributed by atoms with E-state index in [1.165, 1.54) is 16.0 Å². The number of likely N-dealkylation sites (tertiary alicyclic amines) is 1. The maximum absolute atomic E-state index is 11.8. The maximum atomic E-state index is 11.8. The number of amides is 1. The minimum absolute atomic E-state index is 0.0672. The Bertz CT molecular complexity index is 526. The van der Waals surface area contributed by atoms with Crippen LogP contribution in [0, 0.1) is 19.3 Å². The van der Waals surface area contributed by atoms with Gasteiger partial charge < -0.3 is 15.7 Å². The van der Waals surface area contributed by atoms with Gasteiger partial charge in [0.25, 0.3) is 0 Å². The van der Waals surface area contributed by atoms with Gasteiger partial charge >= 0.3 is 5.97 Å². The number of benzene rings is 1. The lowest BCUT2D eigenvalue weighted by Gasteiger charge is -2.28. The highest BCUT2D eigenvalue weighted by Gasteiger charge is 2.38. The molecule has 0 bridgehead atoms. The van der Waals surface area contributed by atoms with E-state index in [0.29, 0.717) is 13.0 Å². The van der Waals surface area contributed by atoms with Crippen LogP contribution in [0.25, 0.3) is 0 Å². The molecule has 1 aromatic rings. The average molecular weight is 320 g/mol. The molecule has 5 nitrogen and oxygen atoms in total. The lowest BCUT2D eigenvalue weighted by Crippen LogP contribution is -2.45. The fourth-order valence-corrected chi connectivity index (χ4v) is 2.71.